The topological polar surface area (TPSA) is 38.7 Å². The molecule has 0 aliphatic rings. The molecule has 0 fully saturated rings. The van der Waals surface area contributed by atoms with Crippen LogP contribution in [0.25, 0.3) is 101 Å². The summed E-state index contributed by atoms with van der Waals surface area (Å²) in [4.78, 5) is 16.0. The van der Waals surface area contributed by atoms with Gasteiger partial charge in [-0.2, -0.15) is 0 Å². The third-order valence-corrected chi connectivity index (χ3v) is 10.9. The van der Waals surface area contributed by atoms with Gasteiger partial charge in [0, 0.05) is 44.5 Å². The average Bonchev–Trinajstić information content (AvgIpc) is 3.35. The molecule has 0 saturated heterocycles. The number of nitrogens with zero attached hydrogens (tertiary/aromatic N) is 3. The molecule has 0 saturated carbocycles. The summed E-state index contributed by atoms with van der Waals surface area (Å²) in [5.74, 6) is 0.684. The van der Waals surface area contributed by atoms with Crippen LogP contribution < -0.4 is 0 Å². The van der Waals surface area contributed by atoms with E-state index < -0.39 is 0 Å². The van der Waals surface area contributed by atoms with Crippen LogP contribution in [0.2, 0.25) is 0 Å². The molecule has 0 radical (unpaired) electrons. The van der Waals surface area contributed by atoms with Crippen molar-refractivity contribution >= 4 is 0 Å². The Kier molecular flexibility index (Phi) is 9.97. The van der Waals surface area contributed by atoms with Gasteiger partial charge in [0.2, 0.25) is 0 Å². The van der Waals surface area contributed by atoms with Gasteiger partial charge in [-0.05, 0) is 39.9 Å². The highest BCUT2D eigenvalue weighted by Gasteiger charge is 2.25. The van der Waals surface area contributed by atoms with E-state index >= 15 is 0 Å². The maximum Gasteiger partial charge on any atom is 0.160 e. The first-order chi connectivity index (χ1) is 29.8. The molecule has 0 aliphatic carbocycles. The van der Waals surface area contributed by atoms with E-state index in [1.165, 1.54) is 5.56 Å². The molecule has 0 spiro atoms. The zero-order valence-electron chi connectivity index (χ0n) is 32.9. The van der Waals surface area contributed by atoms with Crippen LogP contribution >= 0.6 is 0 Å². The Morgan fingerprint density at radius 1 is 0.200 bits per heavy atom. The van der Waals surface area contributed by atoms with Crippen molar-refractivity contribution in [1.29, 1.82) is 0 Å². The number of pyridine rings is 1. The second kappa shape index (κ2) is 16.5. The van der Waals surface area contributed by atoms with Crippen LogP contribution in [-0.4, -0.2) is 15.0 Å². The van der Waals surface area contributed by atoms with Gasteiger partial charge in [0.15, 0.2) is 5.82 Å². The minimum absolute atomic E-state index is 0.684. The van der Waals surface area contributed by atoms with Crippen molar-refractivity contribution in [2.45, 2.75) is 0 Å². The first kappa shape index (κ1) is 36.3. The van der Waals surface area contributed by atoms with Crippen molar-refractivity contribution in [3.05, 3.63) is 237 Å². The Balaban J connectivity index is 1.19. The maximum absolute atomic E-state index is 5.60. The summed E-state index contributed by atoms with van der Waals surface area (Å²) in [6.45, 7) is 0. The minimum Gasteiger partial charge on any atom is -0.246 e. The second-order valence-electron chi connectivity index (χ2n) is 14.8. The summed E-state index contributed by atoms with van der Waals surface area (Å²) in [6, 6.07) is 82.8. The summed E-state index contributed by atoms with van der Waals surface area (Å²) in [6.07, 6.45) is 0. The zero-order chi connectivity index (χ0) is 40.1. The van der Waals surface area contributed by atoms with Crippen molar-refractivity contribution < 1.29 is 0 Å². The lowest BCUT2D eigenvalue weighted by Gasteiger charge is -2.23. The highest BCUT2D eigenvalue weighted by Crippen LogP contribution is 2.48. The van der Waals surface area contributed by atoms with Crippen molar-refractivity contribution in [3.63, 3.8) is 0 Å². The van der Waals surface area contributed by atoms with Crippen molar-refractivity contribution in [1.82, 2.24) is 15.0 Å². The summed E-state index contributed by atoms with van der Waals surface area (Å²) < 4.78 is 0. The monoisotopic (exact) mass is 765 g/mol. The molecule has 2 aromatic heterocycles. The Bertz CT molecular complexity index is 2920. The first-order valence-corrected chi connectivity index (χ1v) is 20.3. The third kappa shape index (κ3) is 7.32. The molecule has 282 valence electrons. The Morgan fingerprint density at radius 2 is 0.550 bits per heavy atom. The molecule has 0 unspecified atom stereocenters. The first-order valence-electron chi connectivity index (χ1n) is 20.3. The highest BCUT2D eigenvalue weighted by molar-refractivity contribution is 6.05. The molecule has 3 heteroatoms. The minimum atomic E-state index is 0.684. The predicted octanol–water partition coefficient (Wildman–Crippen LogP) is 14.9. The van der Waals surface area contributed by atoms with E-state index in [0.29, 0.717) is 5.82 Å². The SMILES string of the molecule is c1ccc(-c2cccc(-c3cc(-c4ccc(-c5c(-c6ccccc6)c(-c6ccccc6)nc(-c6ccccc6)c5-c5ccccc5)cc4)nc(-c4ccccc4)n3)c2)cc1. The van der Waals surface area contributed by atoms with Gasteiger partial charge < -0.3 is 0 Å². The van der Waals surface area contributed by atoms with E-state index in [2.05, 4.69) is 212 Å². The predicted molar refractivity (Wildman–Crippen MR) is 249 cm³/mol. The van der Waals surface area contributed by atoms with Crippen LogP contribution in [0.4, 0.5) is 0 Å². The van der Waals surface area contributed by atoms with Gasteiger partial charge in [-0.1, -0.05) is 224 Å². The van der Waals surface area contributed by atoms with Crippen LogP contribution in [0.5, 0.6) is 0 Å². The molecule has 0 aliphatic heterocycles. The summed E-state index contributed by atoms with van der Waals surface area (Å²) >= 11 is 0. The zero-order valence-corrected chi connectivity index (χ0v) is 32.9. The lowest BCUT2D eigenvalue weighted by atomic mass is 9.83. The molecule has 2 heterocycles. The van der Waals surface area contributed by atoms with Crippen LogP contribution in [0.3, 0.4) is 0 Å². The van der Waals surface area contributed by atoms with Crippen molar-refractivity contribution in [2.24, 2.45) is 0 Å². The number of hydrogen-bond acceptors (Lipinski definition) is 3. The van der Waals surface area contributed by atoms with Crippen LogP contribution in [0.15, 0.2) is 237 Å². The molecule has 10 rings (SSSR count). The van der Waals surface area contributed by atoms with Crippen molar-refractivity contribution in [2.75, 3.05) is 0 Å². The fraction of sp³-hybridized carbons (Fsp3) is 0. The van der Waals surface area contributed by atoms with Gasteiger partial charge in [-0.3, -0.25) is 0 Å². The normalized spacial score (nSPS) is 11.0. The largest absolute Gasteiger partial charge is 0.246 e. The molecule has 0 N–H and O–H groups in total. The average molecular weight is 766 g/mol. The molecule has 10 aromatic rings. The summed E-state index contributed by atoms with van der Waals surface area (Å²) in [5, 5.41) is 0. The van der Waals surface area contributed by atoms with Crippen LogP contribution in [0.1, 0.15) is 0 Å². The lowest BCUT2D eigenvalue weighted by Crippen LogP contribution is -2.01. The molecule has 3 nitrogen and oxygen atoms in total. The van der Waals surface area contributed by atoms with E-state index in [0.717, 1.165) is 89.5 Å². The Morgan fingerprint density at radius 3 is 1.03 bits per heavy atom. The second-order valence-corrected chi connectivity index (χ2v) is 14.8. The number of rotatable bonds is 9. The molecule has 0 amide bonds. The van der Waals surface area contributed by atoms with Gasteiger partial charge in [0.1, 0.15) is 0 Å². The standard InChI is InChI=1S/C57H39N3/c1-7-20-40(21-8-1)48-32-19-33-49(38-48)51-39-50(58-57(59-51)47-30-17-6-18-31-47)41-34-36-44(37-35-41)52-53(42-22-9-2-10-23-42)55(45-26-13-4-14-27-45)60-56(46-28-15-5-16-29-46)54(52)43-24-11-3-12-25-43/h1-39H. The van der Waals surface area contributed by atoms with Crippen molar-refractivity contribution in [3.8, 4) is 101 Å². The third-order valence-electron chi connectivity index (χ3n) is 10.9. The fourth-order valence-corrected chi connectivity index (χ4v) is 8.01. The van der Waals surface area contributed by atoms with E-state index in [4.69, 9.17) is 15.0 Å². The van der Waals surface area contributed by atoms with Gasteiger partial charge in [-0.15, -0.1) is 0 Å². The van der Waals surface area contributed by atoms with Crippen LogP contribution in [-0.2, 0) is 0 Å². The summed E-state index contributed by atoms with van der Waals surface area (Å²) in [5.41, 5.74) is 17.6. The van der Waals surface area contributed by atoms with E-state index in [9.17, 15) is 0 Å². The van der Waals surface area contributed by atoms with Gasteiger partial charge in [0.05, 0.1) is 22.8 Å². The van der Waals surface area contributed by atoms with Gasteiger partial charge >= 0.3 is 0 Å². The lowest BCUT2D eigenvalue weighted by molar-refractivity contribution is 1.18. The van der Waals surface area contributed by atoms with E-state index in [1.807, 2.05) is 24.3 Å². The fourth-order valence-electron chi connectivity index (χ4n) is 8.01. The summed E-state index contributed by atoms with van der Waals surface area (Å²) in [7, 11) is 0. The maximum atomic E-state index is 5.60. The quantitative estimate of drug-likeness (QED) is 0.147. The number of aromatic nitrogens is 3. The van der Waals surface area contributed by atoms with E-state index in [1.54, 1.807) is 0 Å². The van der Waals surface area contributed by atoms with Crippen LogP contribution in [0, 0.1) is 0 Å². The smallest absolute Gasteiger partial charge is 0.160 e. The molecule has 0 atom stereocenters. The van der Waals surface area contributed by atoms with E-state index in [-0.39, 0.29) is 0 Å². The Hall–Kier alpha value is -8.01. The highest BCUT2D eigenvalue weighted by atomic mass is 14.9. The molecule has 60 heavy (non-hydrogen) atoms. The number of hydrogen-bond donors (Lipinski definition) is 0. The molecule has 8 aromatic carbocycles. The van der Waals surface area contributed by atoms with Gasteiger partial charge in [0.25, 0.3) is 0 Å². The molecular weight excluding hydrogens is 727 g/mol. The van der Waals surface area contributed by atoms with Gasteiger partial charge in [-0.25, -0.2) is 15.0 Å². The Labute approximate surface area is 351 Å². The molecular formula is C57H39N3. The molecule has 0 bridgehead atoms. The number of benzene rings is 8.